The van der Waals surface area contributed by atoms with Crippen molar-refractivity contribution in [2.75, 3.05) is 0 Å². The Balaban J connectivity index is 1.40. The maximum Gasteiger partial charge on any atom is 0.262 e. The van der Waals surface area contributed by atoms with Crippen LogP contribution < -0.4 is 10.3 Å². The fourth-order valence-electron chi connectivity index (χ4n) is 3.86. The van der Waals surface area contributed by atoms with Crippen LogP contribution in [-0.2, 0) is 13.2 Å². The molecule has 3 heterocycles. The van der Waals surface area contributed by atoms with Crippen LogP contribution in [0.3, 0.4) is 0 Å². The lowest BCUT2D eigenvalue weighted by Crippen LogP contribution is -2.20. The zero-order valence-corrected chi connectivity index (χ0v) is 17.8. The second-order valence-corrected chi connectivity index (χ2v) is 8.82. The van der Waals surface area contributed by atoms with Crippen LogP contribution in [-0.4, -0.2) is 9.55 Å². The van der Waals surface area contributed by atoms with Gasteiger partial charge in [-0.1, -0.05) is 42.5 Å². The highest BCUT2D eigenvalue weighted by molar-refractivity contribution is 7.18. The maximum absolute atomic E-state index is 13.0. The van der Waals surface area contributed by atoms with Crippen LogP contribution in [0, 0.1) is 13.8 Å². The van der Waals surface area contributed by atoms with Crippen LogP contribution in [0.5, 0.6) is 5.75 Å². The molecule has 0 radical (unpaired) electrons. The number of thiophene rings is 1. The van der Waals surface area contributed by atoms with E-state index in [2.05, 4.69) is 25.1 Å². The van der Waals surface area contributed by atoms with Crippen LogP contribution in [0.1, 0.15) is 33.8 Å². The number of fused-ring (bicyclic) bond motifs is 2. The quantitative estimate of drug-likeness (QED) is 0.437. The van der Waals surface area contributed by atoms with E-state index in [1.54, 1.807) is 11.3 Å². The van der Waals surface area contributed by atoms with Gasteiger partial charge in [-0.3, -0.25) is 9.36 Å². The zero-order chi connectivity index (χ0) is 20.7. The first-order valence-corrected chi connectivity index (χ1v) is 10.9. The molecule has 0 unspecified atom stereocenters. The Bertz CT molecular complexity index is 1320. The standard InChI is InChI=1S/C25H22N2O2S/c1-16-17(2)30-24-22(16)25(28)27-13-12-20(23(27)26-24)14-18-8-10-21(11-9-18)29-15-19-6-4-3-5-7-19/h3-11,14H,12-13,15H2,1-2H3. The largest absolute Gasteiger partial charge is 0.489 e. The molecule has 0 saturated carbocycles. The minimum Gasteiger partial charge on any atom is -0.489 e. The molecule has 4 aromatic rings. The average molecular weight is 415 g/mol. The van der Waals surface area contributed by atoms with Gasteiger partial charge in [-0.25, -0.2) is 4.98 Å². The lowest BCUT2D eigenvalue weighted by molar-refractivity contribution is 0.306. The van der Waals surface area contributed by atoms with E-state index in [0.717, 1.165) is 55.4 Å². The summed E-state index contributed by atoms with van der Waals surface area (Å²) in [5.41, 5.74) is 4.48. The number of allylic oxidation sites excluding steroid dienone is 1. The first kappa shape index (κ1) is 18.8. The van der Waals surface area contributed by atoms with Crippen molar-refractivity contribution in [2.45, 2.75) is 33.4 Å². The Morgan fingerprint density at radius 2 is 1.87 bits per heavy atom. The molecule has 0 bridgehead atoms. The third kappa shape index (κ3) is 3.35. The van der Waals surface area contributed by atoms with Crippen LogP contribution in [0.15, 0.2) is 59.4 Å². The van der Waals surface area contributed by atoms with Crippen molar-refractivity contribution in [3.63, 3.8) is 0 Å². The molecule has 0 spiro atoms. The van der Waals surface area contributed by atoms with E-state index in [4.69, 9.17) is 9.72 Å². The minimum absolute atomic E-state index is 0.0879. The fraction of sp³-hybridized carbons (Fsp3) is 0.200. The molecule has 0 aliphatic carbocycles. The van der Waals surface area contributed by atoms with E-state index in [1.807, 2.05) is 54.0 Å². The number of rotatable bonds is 4. The monoisotopic (exact) mass is 414 g/mol. The van der Waals surface area contributed by atoms with Crippen molar-refractivity contribution in [2.24, 2.45) is 0 Å². The van der Waals surface area contributed by atoms with E-state index in [-0.39, 0.29) is 5.56 Å². The third-order valence-corrected chi connectivity index (χ3v) is 6.75. The van der Waals surface area contributed by atoms with Crippen molar-refractivity contribution in [3.8, 4) is 5.75 Å². The number of hydrogen-bond donors (Lipinski definition) is 0. The Morgan fingerprint density at radius 3 is 2.63 bits per heavy atom. The van der Waals surface area contributed by atoms with Crippen molar-refractivity contribution in [3.05, 3.63) is 92.3 Å². The molecule has 1 aliphatic heterocycles. The summed E-state index contributed by atoms with van der Waals surface area (Å²) in [6.45, 7) is 5.30. The summed E-state index contributed by atoms with van der Waals surface area (Å²) in [5.74, 6) is 1.64. The van der Waals surface area contributed by atoms with Crippen LogP contribution in [0.4, 0.5) is 0 Å². The summed E-state index contributed by atoms with van der Waals surface area (Å²) in [4.78, 5) is 19.8. The number of aromatic nitrogens is 2. The predicted octanol–water partition coefficient (Wildman–Crippen LogP) is 5.60. The Morgan fingerprint density at radius 1 is 1.10 bits per heavy atom. The van der Waals surface area contributed by atoms with E-state index < -0.39 is 0 Å². The van der Waals surface area contributed by atoms with Crippen LogP contribution in [0.2, 0.25) is 0 Å². The highest BCUT2D eigenvalue weighted by atomic mass is 32.1. The van der Waals surface area contributed by atoms with E-state index in [0.29, 0.717) is 13.2 Å². The summed E-state index contributed by atoms with van der Waals surface area (Å²) in [7, 11) is 0. The maximum atomic E-state index is 13.0. The van der Waals surface area contributed by atoms with Gasteiger partial charge in [0.15, 0.2) is 0 Å². The SMILES string of the molecule is Cc1sc2nc3n(c(=O)c2c1C)CCC3=Cc1ccc(OCc2ccccc2)cc1. The number of nitrogens with zero attached hydrogens (tertiary/aromatic N) is 2. The van der Waals surface area contributed by atoms with Crippen LogP contribution >= 0.6 is 11.3 Å². The van der Waals surface area contributed by atoms with Gasteiger partial charge < -0.3 is 4.74 Å². The molecule has 2 aromatic carbocycles. The third-order valence-electron chi connectivity index (χ3n) is 5.65. The zero-order valence-electron chi connectivity index (χ0n) is 17.0. The lowest BCUT2D eigenvalue weighted by atomic mass is 10.1. The number of ether oxygens (including phenoxy) is 1. The molecule has 150 valence electrons. The summed E-state index contributed by atoms with van der Waals surface area (Å²) < 4.78 is 7.70. The Labute approximate surface area is 179 Å². The minimum atomic E-state index is 0.0879. The summed E-state index contributed by atoms with van der Waals surface area (Å²) in [6.07, 6.45) is 2.95. The molecule has 30 heavy (non-hydrogen) atoms. The van der Waals surface area contributed by atoms with E-state index in [1.165, 1.54) is 0 Å². The Kier molecular flexibility index (Phi) is 4.75. The van der Waals surface area contributed by atoms with Crippen molar-refractivity contribution < 1.29 is 4.74 Å². The highest BCUT2D eigenvalue weighted by Crippen LogP contribution is 2.32. The average Bonchev–Trinajstić information content (AvgIpc) is 3.29. The molecule has 2 aromatic heterocycles. The first-order chi connectivity index (χ1) is 14.6. The fourth-order valence-corrected chi connectivity index (χ4v) is 4.88. The van der Waals surface area contributed by atoms with E-state index >= 15 is 0 Å². The van der Waals surface area contributed by atoms with Crippen LogP contribution in [0.25, 0.3) is 21.9 Å². The van der Waals surface area contributed by atoms with Gasteiger partial charge in [0.25, 0.3) is 5.56 Å². The second-order valence-electron chi connectivity index (χ2n) is 7.62. The molecule has 0 amide bonds. The van der Waals surface area contributed by atoms with Crippen molar-refractivity contribution in [1.29, 1.82) is 0 Å². The highest BCUT2D eigenvalue weighted by Gasteiger charge is 2.23. The first-order valence-electron chi connectivity index (χ1n) is 10.1. The molecule has 5 heteroatoms. The number of aryl methyl sites for hydroxylation is 2. The van der Waals surface area contributed by atoms with Gasteiger partial charge in [-0.15, -0.1) is 11.3 Å². The molecule has 0 fully saturated rings. The topological polar surface area (TPSA) is 44.1 Å². The second kappa shape index (κ2) is 7.58. The Hall–Kier alpha value is -3.18. The molecular weight excluding hydrogens is 392 g/mol. The number of benzene rings is 2. The molecule has 1 aliphatic rings. The van der Waals surface area contributed by atoms with Gasteiger partial charge in [0.1, 0.15) is 23.0 Å². The molecule has 0 saturated heterocycles. The smallest absolute Gasteiger partial charge is 0.262 e. The summed E-state index contributed by atoms with van der Waals surface area (Å²) in [5, 5.41) is 0.780. The molecule has 5 rings (SSSR count). The number of hydrogen-bond acceptors (Lipinski definition) is 4. The molecule has 0 N–H and O–H groups in total. The van der Waals surface area contributed by atoms with Gasteiger partial charge in [0.05, 0.1) is 5.39 Å². The molecule has 4 nitrogen and oxygen atoms in total. The molecule has 0 atom stereocenters. The van der Waals surface area contributed by atoms with Gasteiger partial charge in [-0.05, 0) is 60.7 Å². The van der Waals surface area contributed by atoms with Crippen molar-refractivity contribution >= 4 is 33.2 Å². The normalized spacial score (nSPS) is 14.4. The predicted molar refractivity (Wildman–Crippen MR) is 123 cm³/mol. The van der Waals surface area contributed by atoms with Gasteiger partial charge in [0, 0.05) is 11.4 Å². The molecular formula is C25H22N2O2S. The summed E-state index contributed by atoms with van der Waals surface area (Å²) >= 11 is 1.60. The van der Waals surface area contributed by atoms with Gasteiger partial charge in [-0.2, -0.15) is 0 Å². The summed E-state index contributed by atoms with van der Waals surface area (Å²) in [6, 6.07) is 18.2. The van der Waals surface area contributed by atoms with Gasteiger partial charge >= 0.3 is 0 Å². The van der Waals surface area contributed by atoms with Gasteiger partial charge in [0.2, 0.25) is 0 Å². The van der Waals surface area contributed by atoms with Crippen molar-refractivity contribution in [1.82, 2.24) is 9.55 Å². The van der Waals surface area contributed by atoms with E-state index in [9.17, 15) is 4.79 Å². The lowest BCUT2D eigenvalue weighted by Gasteiger charge is -2.07.